The molecule has 0 aliphatic carbocycles. The van der Waals surface area contributed by atoms with Gasteiger partial charge < -0.3 is 34.6 Å². The second-order valence-corrected chi connectivity index (χ2v) is 13.3. The molecular formula is C42H49N5O9. The quantitative estimate of drug-likeness (QED) is 0.0365. The number of unbranched alkanes of at least 4 members (excludes halogenated alkanes) is 3. The summed E-state index contributed by atoms with van der Waals surface area (Å²) in [6.45, 7) is 4.76. The van der Waals surface area contributed by atoms with Gasteiger partial charge in [0.15, 0.2) is 6.29 Å². The number of hydrogen-bond donors (Lipinski definition) is 3. The highest BCUT2D eigenvalue weighted by Gasteiger charge is 2.30. The van der Waals surface area contributed by atoms with Crippen molar-refractivity contribution < 1.29 is 38.6 Å². The molecule has 4 aromatic rings. The number of aliphatic hydroxyl groups is 1. The number of aliphatic hydroxyl groups excluding tert-OH is 1. The van der Waals surface area contributed by atoms with Crippen LogP contribution in [0.4, 0.5) is 0 Å². The first-order chi connectivity index (χ1) is 27.2. The van der Waals surface area contributed by atoms with Crippen LogP contribution >= 0.6 is 0 Å². The second-order valence-electron chi connectivity index (χ2n) is 13.3. The zero-order valence-corrected chi connectivity index (χ0v) is 32.1. The van der Waals surface area contributed by atoms with Crippen molar-refractivity contribution in [2.24, 2.45) is 0 Å². The van der Waals surface area contributed by atoms with Crippen LogP contribution in [0.15, 0.2) is 59.4 Å². The number of nitrogens with zero attached hydrogens (tertiary/aromatic N) is 3. The third kappa shape index (κ3) is 9.44. The minimum atomic E-state index is -1.47. The molecule has 14 nitrogen and oxygen atoms in total. The van der Waals surface area contributed by atoms with Crippen molar-refractivity contribution in [1.82, 2.24) is 25.1 Å². The van der Waals surface area contributed by atoms with Crippen LogP contribution in [0.2, 0.25) is 0 Å². The average Bonchev–Trinajstić information content (AvgIpc) is 3.75. The van der Waals surface area contributed by atoms with E-state index in [1.54, 1.807) is 10.6 Å². The van der Waals surface area contributed by atoms with E-state index >= 15 is 0 Å². The van der Waals surface area contributed by atoms with Gasteiger partial charge in [-0.15, -0.1) is 0 Å². The molecule has 0 radical (unpaired) electrons. The SMILES string of the molecule is CC.COCc1c(C(O)C=O)cc2n(c1=O)Cc1c-2nc2ccc3ccccc3c2c1CCCCOCNC(=O)CNC(=O)CCCCCN1C(=O)C=CC1=O. The lowest BCUT2D eigenvalue weighted by molar-refractivity contribution is -0.137. The summed E-state index contributed by atoms with van der Waals surface area (Å²) in [6, 6.07) is 13.7. The minimum Gasteiger partial charge on any atom is -0.381 e. The minimum absolute atomic E-state index is 0.00721. The van der Waals surface area contributed by atoms with Gasteiger partial charge in [0.1, 0.15) is 12.8 Å². The first-order valence-electron chi connectivity index (χ1n) is 19.1. The van der Waals surface area contributed by atoms with Gasteiger partial charge in [-0.2, -0.15) is 0 Å². The number of carbonyl (C=O) groups is 5. The molecule has 56 heavy (non-hydrogen) atoms. The highest BCUT2D eigenvalue weighted by atomic mass is 16.5. The summed E-state index contributed by atoms with van der Waals surface area (Å²) in [5.41, 5.74) is 4.05. The molecule has 2 aliphatic rings. The summed E-state index contributed by atoms with van der Waals surface area (Å²) in [6.07, 6.45) is 5.59. The standard InChI is InChI=1S/C40H43N5O9.C2H6/c1-53-23-30-28(33(47)22-46)19-32-39-29(21-45(32)40(30)52)27(38-26-10-5-4-9-25(26)13-14-31(38)43-39)11-6-8-18-54-24-42-35(49)20-41-34(48)12-3-2-7-17-44-36(50)15-16-37(44)51;1-2/h4-5,9-10,13-16,19,22,33,47H,2-3,6-8,11-12,17-18,20-21,23-24H2,1H3,(H,41,48)(H,42,49);1-2H3. The number of aromatic nitrogens is 2. The molecule has 0 bridgehead atoms. The second kappa shape index (κ2) is 19.8. The van der Waals surface area contributed by atoms with Gasteiger partial charge in [-0.05, 0) is 60.6 Å². The van der Waals surface area contributed by atoms with E-state index in [9.17, 15) is 33.9 Å². The lowest BCUT2D eigenvalue weighted by Gasteiger charge is -2.15. The Morgan fingerprint density at radius 2 is 1.71 bits per heavy atom. The maximum absolute atomic E-state index is 13.7. The molecule has 2 aromatic heterocycles. The predicted octanol–water partition coefficient (Wildman–Crippen LogP) is 4.00. The van der Waals surface area contributed by atoms with E-state index in [1.807, 2.05) is 44.2 Å². The van der Waals surface area contributed by atoms with E-state index < -0.39 is 6.10 Å². The molecule has 14 heteroatoms. The van der Waals surface area contributed by atoms with Gasteiger partial charge in [0.05, 0.1) is 36.6 Å². The Hall–Kier alpha value is -5.57. The van der Waals surface area contributed by atoms with Crippen molar-refractivity contribution in [2.45, 2.75) is 78.0 Å². The highest BCUT2D eigenvalue weighted by Crippen LogP contribution is 2.39. The highest BCUT2D eigenvalue weighted by molar-refractivity contribution is 6.13. The van der Waals surface area contributed by atoms with Crippen LogP contribution in [0.1, 0.15) is 80.7 Å². The molecule has 1 unspecified atom stereocenters. The molecule has 3 N–H and O–H groups in total. The molecule has 0 saturated carbocycles. The van der Waals surface area contributed by atoms with Gasteiger partial charge in [-0.3, -0.25) is 28.9 Å². The van der Waals surface area contributed by atoms with Crippen LogP contribution in [0, 0.1) is 0 Å². The molecule has 4 amide bonds. The Bertz CT molecular complexity index is 2180. The number of pyridine rings is 2. The third-order valence-electron chi connectivity index (χ3n) is 9.79. The molecule has 0 saturated heterocycles. The normalized spacial score (nSPS) is 13.4. The van der Waals surface area contributed by atoms with Crippen LogP contribution in [-0.2, 0) is 53.0 Å². The van der Waals surface area contributed by atoms with E-state index in [4.69, 9.17) is 14.5 Å². The monoisotopic (exact) mass is 767 g/mol. The number of ether oxygens (including phenoxy) is 2. The van der Waals surface area contributed by atoms with Crippen LogP contribution in [0.5, 0.6) is 0 Å². The summed E-state index contributed by atoms with van der Waals surface area (Å²) in [7, 11) is 1.46. The Morgan fingerprint density at radius 1 is 0.946 bits per heavy atom. The topological polar surface area (TPSA) is 186 Å². The van der Waals surface area contributed by atoms with Crippen LogP contribution in [0.3, 0.4) is 0 Å². The van der Waals surface area contributed by atoms with E-state index in [2.05, 4.69) is 16.7 Å². The Morgan fingerprint density at radius 3 is 2.46 bits per heavy atom. The molecule has 4 heterocycles. The van der Waals surface area contributed by atoms with Gasteiger partial charge in [0.25, 0.3) is 17.4 Å². The van der Waals surface area contributed by atoms with E-state index in [0.29, 0.717) is 69.5 Å². The fourth-order valence-electron chi connectivity index (χ4n) is 7.08. The van der Waals surface area contributed by atoms with Crippen molar-refractivity contribution in [3.8, 4) is 11.4 Å². The van der Waals surface area contributed by atoms with Crippen LogP contribution < -0.4 is 16.2 Å². The number of aryl methyl sites for hydroxylation is 1. The molecular weight excluding hydrogens is 718 g/mol. The van der Waals surface area contributed by atoms with Crippen molar-refractivity contribution in [3.05, 3.63) is 87.2 Å². The molecule has 6 rings (SSSR count). The van der Waals surface area contributed by atoms with Crippen molar-refractivity contribution in [1.29, 1.82) is 0 Å². The number of rotatable bonds is 19. The summed E-state index contributed by atoms with van der Waals surface area (Å²) in [4.78, 5) is 79.1. The maximum atomic E-state index is 13.7. The molecule has 0 spiro atoms. The van der Waals surface area contributed by atoms with Gasteiger partial charge in [0, 0.05) is 60.9 Å². The fraction of sp³-hybridized carbons (Fsp3) is 0.405. The average molecular weight is 768 g/mol. The molecule has 2 aromatic carbocycles. The summed E-state index contributed by atoms with van der Waals surface area (Å²) < 4.78 is 12.6. The van der Waals surface area contributed by atoms with Crippen molar-refractivity contribution in [2.75, 3.05) is 33.5 Å². The first kappa shape index (κ1) is 41.6. The largest absolute Gasteiger partial charge is 0.381 e. The maximum Gasteiger partial charge on any atom is 0.257 e. The summed E-state index contributed by atoms with van der Waals surface area (Å²) in [5, 5.41) is 18.9. The van der Waals surface area contributed by atoms with Gasteiger partial charge >= 0.3 is 0 Å². The predicted molar refractivity (Wildman–Crippen MR) is 210 cm³/mol. The number of methoxy groups -OCH3 is 1. The Labute approximate surface area is 324 Å². The number of benzene rings is 2. The summed E-state index contributed by atoms with van der Waals surface area (Å²) >= 11 is 0. The summed E-state index contributed by atoms with van der Waals surface area (Å²) in [5.74, 6) is -1.27. The first-order valence-corrected chi connectivity index (χ1v) is 19.1. The molecule has 2 aliphatic heterocycles. The Kier molecular flexibility index (Phi) is 14.7. The lowest BCUT2D eigenvalue weighted by atomic mass is 9.92. The van der Waals surface area contributed by atoms with Gasteiger partial charge in [-0.25, -0.2) is 4.98 Å². The fourth-order valence-corrected chi connectivity index (χ4v) is 7.08. The van der Waals surface area contributed by atoms with E-state index in [0.717, 1.165) is 39.2 Å². The van der Waals surface area contributed by atoms with Crippen LogP contribution in [0.25, 0.3) is 33.1 Å². The number of amides is 4. The third-order valence-corrected chi connectivity index (χ3v) is 9.79. The van der Waals surface area contributed by atoms with E-state index in [-0.39, 0.29) is 66.6 Å². The zero-order chi connectivity index (χ0) is 40.2. The number of aldehydes is 1. The Balaban J connectivity index is 0.00000295. The van der Waals surface area contributed by atoms with Gasteiger partial charge in [-0.1, -0.05) is 50.6 Å². The smallest absolute Gasteiger partial charge is 0.257 e. The number of nitrogens with one attached hydrogen (secondary N) is 2. The number of carbonyl (C=O) groups excluding carboxylic acids is 5. The number of hydrogen-bond acceptors (Lipinski definition) is 10. The lowest BCUT2D eigenvalue weighted by Crippen LogP contribution is -2.37. The number of fused-ring (bicyclic) bond motifs is 6. The zero-order valence-electron chi connectivity index (χ0n) is 32.1. The van der Waals surface area contributed by atoms with Gasteiger partial charge in [0.2, 0.25) is 11.8 Å². The molecule has 296 valence electrons. The van der Waals surface area contributed by atoms with Crippen molar-refractivity contribution in [3.63, 3.8) is 0 Å². The van der Waals surface area contributed by atoms with Crippen LogP contribution in [-0.4, -0.2) is 83.0 Å². The molecule has 0 fully saturated rings. The number of imide groups is 1. The van der Waals surface area contributed by atoms with Crippen molar-refractivity contribution >= 4 is 51.6 Å². The molecule has 1 atom stereocenters. The van der Waals surface area contributed by atoms with E-state index in [1.165, 1.54) is 24.2 Å².